The molecule has 0 aliphatic rings. The van der Waals surface area contributed by atoms with Crippen LogP contribution in [0.2, 0.25) is 0 Å². The Labute approximate surface area is 249 Å². The van der Waals surface area contributed by atoms with E-state index in [4.69, 9.17) is 9.47 Å². The van der Waals surface area contributed by atoms with Gasteiger partial charge in [0.15, 0.2) is 0 Å². The van der Waals surface area contributed by atoms with Crippen molar-refractivity contribution in [3.05, 3.63) is 83.9 Å². The van der Waals surface area contributed by atoms with Gasteiger partial charge in [0, 0.05) is 13.1 Å². The van der Waals surface area contributed by atoms with Gasteiger partial charge in [-0.2, -0.15) is 0 Å². The lowest BCUT2D eigenvalue weighted by Gasteiger charge is -2.33. The number of hydrogen-bond acceptors (Lipinski definition) is 6. The molecule has 2 amide bonds. The third-order valence-corrected chi connectivity index (χ3v) is 8.72. The van der Waals surface area contributed by atoms with Gasteiger partial charge < -0.3 is 19.7 Å². The van der Waals surface area contributed by atoms with Gasteiger partial charge in [-0.15, -0.1) is 0 Å². The summed E-state index contributed by atoms with van der Waals surface area (Å²) in [6.45, 7) is 5.76. The SMILES string of the molecule is CCCCNC(=O)[C@H](CC)N(Cc1cccc(OC)c1)C(=O)CN(c1ccccc1OC)S(=O)(=O)c1ccc(C)cc1. The summed E-state index contributed by atoms with van der Waals surface area (Å²) in [5, 5.41) is 2.93. The minimum absolute atomic E-state index is 0.0375. The molecular formula is C32H41N3O6S. The van der Waals surface area contributed by atoms with Crippen LogP contribution < -0.4 is 19.1 Å². The summed E-state index contributed by atoms with van der Waals surface area (Å²) >= 11 is 0. The maximum absolute atomic E-state index is 14.2. The second-order valence-electron chi connectivity index (χ2n) is 9.94. The van der Waals surface area contributed by atoms with E-state index >= 15 is 0 Å². The number of carbonyl (C=O) groups excluding carboxylic acids is 2. The summed E-state index contributed by atoms with van der Waals surface area (Å²) in [4.78, 5) is 29.0. The van der Waals surface area contributed by atoms with Crippen molar-refractivity contribution in [3.8, 4) is 11.5 Å². The fourth-order valence-corrected chi connectivity index (χ4v) is 6.00. The first kappa shape index (κ1) is 32.5. The van der Waals surface area contributed by atoms with Crippen LogP contribution in [-0.2, 0) is 26.2 Å². The van der Waals surface area contributed by atoms with Crippen LogP contribution in [0.5, 0.6) is 11.5 Å². The van der Waals surface area contributed by atoms with Gasteiger partial charge in [0.05, 0.1) is 24.8 Å². The number of para-hydroxylation sites is 2. The number of methoxy groups -OCH3 is 2. The number of anilines is 1. The molecule has 3 aromatic carbocycles. The Hall–Kier alpha value is -4.05. The van der Waals surface area contributed by atoms with Gasteiger partial charge in [-0.05, 0) is 61.7 Å². The molecule has 226 valence electrons. The number of aryl methyl sites for hydroxylation is 1. The number of amides is 2. The highest BCUT2D eigenvalue weighted by atomic mass is 32.2. The lowest BCUT2D eigenvalue weighted by Crippen LogP contribution is -2.52. The average molecular weight is 596 g/mol. The summed E-state index contributed by atoms with van der Waals surface area (Å²) < 4.78 is 40.0. The number of sulfonamides is 1. The number of nitrogens with zero attached hydrogens (tertiary/aromatic N) is 2. The van der Waals surface area contributed by atoms with E-state index < -0.39 is 28.5 Å². The molecule has 0 fully saturated rings. The second kappa shape index (κ2) is 15.3. The minimum atomic E-state index is -4.20. The number of hydrogen-bond donors (Lipinski definition) is 1. The Morgan fingerprint density at radius 2 is 1.64 bits per heavy atom. The van der Waals surface area contributed by atoms with Gasteiger partial charge in [-0.25, -0.2) is 8.42 Å². The van der Waals surface area contributed by atoms with E-state index in [9.17, 15) is 18.0 Å². The molecule has 0 saturated carbocycles. The first-order chi connectivity index (χ1) is 20.2. The van der Waals surface area contributed by atoms with Crippen LogP contribution >= 0.6 is 0 Å². The summed E-state index contributed by atoms with van der Waals surface area (Å²) in [6, 6.07) is 19.5. The number of carbonyl (C=O) groups is 2. The fraction of sp³-hybridized carbons (Fsp3) is 0.375. The van der Waals surface area contributed by atoms with Crippen LogP contribution in [0.3, 0.4) is 0 Å². The van der Waals surface area contributed by atoms with Crippen molar-refractivity contribution in [1.29, 1.82) is 0 Å². The van der Waals surface area contributed by atoms with E-state index in [0.29, 0.717) is 24.5 Å². The van der Waals surface area contributed by atoms with Crippen molar-refractivity contribution in [2.45, 2.75) is 57.5 Å². The van der Waals surface area contributed by atoms with Crippen LogP contribution in [0, 0.1) is 6.92 Å². The standard InChI is InChI=1S/C32H41N3O6S/c1-6-8-20-33-32(37)28(7-2)34(22-25-12-11-13-26(21-25)40-4)31(36)23-35(29-14-9-10-15-30(29)41-5)42(38,39)27-18-16-24(3)17-19-27/h9-19,21,28H,6-8,20,22-23H2,1-5H3,(H,33,37)/t28-/m0/s1. The molecule has 3 aromatic rings. The largest absolute Gasteiger partial charge is 0.497 e. The molecule has 0 radical (unpaired) electrons. The van der Waals surface area contributed by atoms with Crippen molar-refractivity contribution < 1.29 is 27.5 Å². The van der Waals surface area contributed by atoms with E-state index in [2.05, 4.69) is 5.32 Å². The van der Waals surface area contributed by atoms with Crippen molar-refractivity contribution in [2.24, 2.45) is 0 Å². The normalized spacial score (nSPS) is 11.8. The summed E-state index contributed by atoms with van der Waals surface area (Å²) in [6.07, 6.45) is 2.06. The molecule has 0 aliphatic carbocycles. The number of nitrogens with one attached hydrogen (secondary N) is 1. The third-order valence-electron chi connectivity index (χ3n) is 6.94. The molecule has 10 heteroatoms. The molecule has 0 unspecified atom stereocenters. The number of unbranched alkanes of at least 4 members (excludes halogenated alkanes) is 1. The molecule has 42 heavy (non-hydrogen) atoms. The molecule has 1 atom stereocenters. The molecule has 0 bridgehead atoms. The highest BCUT2D eigenvalue weighted by Gasteiger charge is 2.34. The lowest BCUT2D eigenvalue weighted by molar-refractivity contribution is -0.140. The van der Waals surface area contributed by atoms with Gasteiger partial charge in [-0.1, -0.05) is 62.2 Å². The van der Waals surface area contributed by atoms with E-state index in [1.54, 1.807) is 55.6 Å². The lowest BCUT2D eigenvalue weighted by atomic mass is 10.1. The van der Waals surface area contributed by atoms with E-state index in [1.165, 1.54) is 24.1 Å². The molecule has 1 N–H and O–H groups in total. The zero-order chi connectivity index (χ0) is 30.7. The Morgan fingerprint density at radius 1 is 0.929 bits per heavy atom. The van der Waals surface area contributed by atoms with Crippen molar-refractivity contribution in [1.82, 2.24) is 10.2 Å². The van der Waals surface area contributed by atoms with E-state index in [0.717, 1.165) is 28.3 Å². The molecule has 0 aromatic heterocycles. The smallest absolute Gasteiger partial charge is 0.264 e. The summed E-state index contributed by atoms with van der Waals surface area (Å²) in [7, 11) is -1.20. The average Bonchev–Trinajstić information content (AvgIpc) is 3.00. The Bertz CT molecular complexity index is 1440. The number of ether oxygens (including phenoxy) is 2. The van der Waals surface area contributed by atoms with Crippen LogP contribution in [-0.4, -0.2) is 58.5 Å². The highest BCUT2D eigenvalue weighted by Crippen LogP contribution is 2.32. The van der Waals surface area contributed by atoms with Gasteiger partial charge in [0.1, 0.15) is 24.1 Å². The Balaban J connectivity index is 2.08. The third kappa shape index (κ3) is 8.03. The molecular weight excluding hydrogens is 554 g/mol. The fourth-order valence-electron chi connectivity index (χ4n) is 4.58. The molecule has 9 nitrogen and oxygen atoms in total. The Morgan fingerprint density at radius 3 is 2.29 bits per heavy atom. The van der Waals surface area contributed by atoms with Crippen molar-refractivity contribution >= 4 is 27.5 Å². The van der Waals surface area contributed by atoms with Gasteiger partial charge in [0.25, 0.3) is 10.0 Å². The topological polar surface area (TPSA) is 105 Å². The minimum Gasteiger partial charge on any atom is -0.497 e. The van der Waals surface area contributed by atoms with Gasteiger partial charge in [-0.3, -0.25) is 13.9 Å². The number of benzene rings is 3. The summed E-state index contributed by atoms with van der Waals surface area (Å²) in [5.41, 5.74) is 1.86. The van der Waals surface area contributed by atoms with E-state index in [1.807, 2.05) is 32.9 Å². The van der Waals surface area contributed by atoms with Crippen LogP contribution in [0.15, 0.2) is 77.7 Å². The van der Waals surface area contributed by atoms with Crippen LogP contribution in [0.4, 0.5) is 5.69 Å². The maximum atomic E-state index is 14.2. The molecule has 0 heterocycles. The number of rotatable bonds is 15. The van der Waals surface area contributed by atoms with Gasteiger partial charge in [0.2, 0.25) is 11.8 Å². The predicted octanol–water partition coefficient (Wildman–Crippen LogP) is 4.93. The Kier molecular flexibility index (Phi) is 11.8. The predicted molar refractivity (Wildman–Crippen MR) is 164 cm³/mol. The quantitative estimate of drug-likeness (QED) is 0.250. The van der Waals surface area contributed by atoms with E-state index in [-0.39, 0.29) is 23.0 Å². The van der Waals surface area contributed by atoms with Gasteiger partial charge >= 0.3 is 0 Å². The monoisotopic (exact) mass is 595 g/mol. The molecule has 3 rings (SSSR count). The first-order valence-electron chi connectivity index (χ1n) is 14.1. The second-order valence-corrected chi connectivity index (χ2v) is 11.8. The molecule has 0 saturated heterocycles. The van der Waals surface area contributed by atoms with Crippen LogP contribution in [0.25, 0.3) is 0 Å². The highest BCUT2D eigenvalue weighted by molar-refractivity contribution is 7.92. The van der Waals surface area contributed by atoms with Crippen molar-refractivity contribution in [3.63, 3.8) is 0 Å². The molecule has 0 aliphatic heterocycles. The zero-order valence-electron chi connectivity index (χ0n) is 25.0. The first-order valence-corrected chi connectivity index (χ1v) is 15.5. The van der Waals surface area contributed by atoms with Crippen LogP contribution in [0.1, 0.15) is 44.2 Å². The maximum Gasteiger partial charge on any atom is 0.264 e. The molecule has 0 spiro atoms. The zero-order valence-corrected chi connectivity index (χ0v) is 25.8. The van der Waals surface area contributed by atoms with Crippen molar-refractivity contribution in [2.75, 3.05) is 31.6 Å². The summed E-state index contributed by atoms with van der Waals surface area (Å²) in [5.74, 6) is 0.0898.